The fourth-order valence-corrected chi connectivity index (χ4v) is 3.17. The molecule has 2 saturated heterocycles. The van der Waals surface area contributed by atoms with Crippen molar-refractivity contribution in [3.8, 4) is 0 Å². The highest BCUT2D eigenvalue weighted by atomic mass is 16.6. The van der Waals surface area contributed by atoms with E-state index in [-0.39, 0.29) is 0 Å². The van der Waals surface area contributed by atoms with Crippen molar-refractivity contribution in [3.63, 3.8) is 0 Å². The molecule has 0 unspecified atom stereocenters. The van der Waals surface area contributed by atoms with Crippen LogP contribution in [0.1, 0.15) is 12.8 Å². The Bertz CT molecular complexity index is 209. The highest BCUT2D eigenvalue weighted by Crippen LogP contribution is 2.65. The molecule has 0 aromatic rings. The summed E-state index contributed by atoms with van der Waals surface area (Å²) >= 11 is 0. The van der Waals surface area contributed by atoms with Crippen LogP contribution in [0.4, 0.5) is 0 Å². The van der Waals surface area contributed by atoms with E-state index in [1.807, 2.05) is 0 Å². The summed E-state index contributed by atoms with van der Waals surface area (Å²) in [4.78, 5) is 0. The maximum absolute atomic E-state index is 5.54. The molecule has 0 aromatic heterocycles. The third-order valence-corrected chi connectivity index (χ3v) is 3.78. The first-order valence-corrected chi connectivity index (χ1v) is 4.18. The molecule has 0 amide bonds. The molecule has 2 nitrogen and oxygen atoms in total. The molecule has 4 rings (SSSR count). The summed E-state index contributed by atoms with van der Waals surface area (Å²) in [6.45, 7) is 1.03. The minimum atomic E-state index is 0.350. The highest BCUT2D eigenvalue weighted by Gasteiger charge is 2.73. The van der Waals surface area contributed by atoms with Crippen LogP contribution in [0.5, 0.6) is 0 Å². The Labute approximate surface area is 59.5 Å². The molecule has 0 N–H and O–H groups in total. The van der Waals surface area contributed by atoms with Gasteiger partial charge in [0, 0.05) is 5.92 Å². The molecule has 2 heterocycles. The van der Waals surface area contributed by atoms with E-state index in [0.29, 0.717) is 17.8 Å². The lowest BCUT2D eigenvalue weighted by Gasteiger charge is -2.12. The van der Waals surface area contributed by atoms with Crippen LogP contribution in [0.15, 0.2) is 0 Å². The SMILES string of the molecule is C1[C@H]2C[C@@]3(CO3)[C@@H]1[C@H]1O[C@H]21. The van der Waals surface area contributed by atoms with Gasteiger partial charge in [-0.15, -0.1) is 0 Å². The molecule has 2 bridgehead atoms. The molecule has 5 atom stereocenters. The smallest absolute Gasteiger partial charge is 0.0973 e. The van der Waals surface area contributed by atoms with E-state index in [4.69, 9.17) is 9.47 Å². The van der Waals surface area contributed by atoms with Crippen molar-refractivity contribution < 1.29 is 9.47 Å². The predicted octanol–water partition coefficient (Wildman–Crippen LogP) is 0.563. The summed E-state index contributed by atoms with van der Waals surface area (Å²) in [6, 6.07) is 0. The Hall–Kier alpha value is -0.0800. The Morgan fingerprint density at radius 2 is 2.20 bits per heavy atom. The van der Waals surface area contributed by atoms with Gasteiger partial charge in [-0.05, 0) is 18.8 Å². The second-order valence-electron chi connectivity index (χ2n) is 4.23. The van der Waals surface area contributed by atoms with Crippen LogP contribution in [0, 0.1) is 11.8 Å². The lowest BCUT2D eigenvalue weighted by atomic mass is 9.89. The molecular formula is C8H10O2. The second kappa shape index (κ2) is 1.07. The van der Waals surface area contributed by atoms with Crippen molar-refractivity contribution in [3.05, 3.63) is 0 Å². The van der Waals surface area contributed by atoms with E-state index in [2.05, 4.69) is 0 Å². The van der Waals surface area contributed by atoms with Gasteiger partial charge in [-0.25, -0.2) is 0 Å². The number of epoxide rings is 2. The zero-order valence-electron chi connectivity index (χ0n) is 5.75. The standard InChI is InChI=1S/C8H10O2/c1-4-2-8(3-9-8)5(1)7-6(4)10-7/h4-7H,1-3H2/t4-,5-,6+,7+,8+/m0/s1. The zero-order valence-corrected chi connectivity index (χ0v) is 5.75. The lowest BCUT2D eigenvalue weighted by Crippen LogP contribution is -2.25. The van der Waals surface area contributed by atoms with E-state index in [9.17, 15) is 0 Å². The minimum absolute atomic E-state index is 0.350. The molecule has 0 radical (unpaired) electrons. The van der Waals surface area contributed by atoms with Gasteiger partial charge in [0.05, 0.1) is 24.4 Å². The van der Waals surface area contributed by atoms with Crippen molar-refractivity contribution in [1.82, 2.24) is 0 Å². The average Bonchev–Trinajstić information content (AvgIpc) is 2.77. The zero-order chi connectivity index (χ0) is 6.34. The van der Waals surface area contributed by atoms with E-state index >= 15 is 0 Å². The maximum atomic E-state index is 5.54. The Balaban J connectivity index is 1.84. The fourth-order valence-electron chi connectivity index (χ4n) is 3.17. The number of rotatable bonds is 0. The van der Waals surface area contributed by atoms with Crippen LogP contribution < -0.4 is 0 Å². The number of hydrogen-bond acceptors (Lipinski definition) is 2. The van der Waals surface area contributed by atoms with Gasteiger partial charge in [0.1, 0.15) is 0 Å². The fraction of sp³-hybridized carbons (Fsp3) is 1.00. The molecule has 2 aliphatic carbocycles. The van der Waals surface area contributed by atoms with Crippen LogP contribution >= 0.6 is 0 Å². The summed E-state index contributed by atoms with van der Waals surface area (Å²) in [6.07, 6.45) is 4.00. The van der Waals surface area contributed by atoms with Gasteiger partial charge in [0.15, 0.2) is 0 Å². The van der Waals surface area contributed by atoms with E-state index < -0.39 is 0 Å². The summed E-state index contributed by atoms with van der Waals surface area (Å²) in [5, 5.41) is 0. The molecule has 4 aliphatic rings. The quantitative estimate of drug-likeness (QED) is 0.457. The van der Waals surface area contributed by atoms with Crippen LogP contribution in [0.2, 0.25) is 0 Å². The summed E-state index contributed by atoms with van der Waals surface area (Å²) in [7, 11) is 0. The molecule has 0 aromatic carbocycles. The molecule has 54 valence electrons. The molecule has 2 saturated carbocycles. The average molecular weight is 138 g/mol. The number of hydrogen-bond donors (Lipinski definition) is 0. The molecule has 2 aliphatic heterocycles. The Morgan fingerprint density at radius 3 is 2.80 bits per heavy atom. The van der Waals surface area contributed by atoms with Crippen LogP contribution in [-0.2, 0) is 9.47 Å². The second-order valence-corrected chi connectivity index (χ2v) is 4.23. The van der Waals surface area contributed by atoms with Crippen molar-refractivity contribution in [2.24, 2.45) is 11.8 Å². The molecule has 2 heteroatoms. The predicted molar refractivity (Wildman–Crippen MR) is 33.6 cm³/mol. The van der Waals surface area contributed by atoms with Crippen LogP contribution in [0.25, 0.3) is 0 Å². The first-order valence-electron chi connectivity index (χ1n) is 4.18. The maximum Gasteiger partial charge on any atom is 0.0973 e. The normalized spacial score (nSPS) is 74.4. The van der Waals surface area contributed by atoms with Gasteiger partial charge in [-0.3, -0.25) is 0 Å². The first-order chi connectivity index (χ1) is 4.89. The minimum Gasteiger partial charge on any atom is -0.369 e. The number of ether oxygens (including phenoxy) is 2. The summed E-state index contributed by atoms with van der Waals surface area (Å²) in [5.74, 6) is 1.67. The van der Waals surface area contributed by atoms with E-state index in [1.165, 1.54) is 12.8 Å². The van der Waals surface area contributed by atoms with Crippen molar-refractivity contribution in [2.45, 2.75) is 30.7 Å². The van der Waals surface area contributed by atoms with Crippen molar-refractivity contribution >= 4 is 0 Å². The summed E-state index contributed by atoms with van der Waals surface area (Å²) in [5.41, 5.74) is 0.350. The molecule has 4 fully saturated rings. The van der Waals surface area contributed by atoms with Crippen LogP contribution in [-0.4, -0.2) is 24.4 Å². The molecular weight excluding hydrogens is 128 g/mol. The third kappa shape index (κ3) is 0.330. The Morgan fingerprint density at radius 1 is 1.30 bits per heavy atom. The molecule has 10 heavy (non-hydrogen) atoms. The largest absolute Gasteiger partial charge is 0.369 e. The van der Waals surface area contributed by atoms with Gasteiger partial charge in [-0.1, -0.05) is 0 Å². The van der Waals surface area contributed by atoms with Crippen LogP contribution in [0.3, 0.4) is 0 Å². The van der Waals surface area contributed by atoms with Crippen molar-refractivity contribution in [1.29, 1.82) is 0 Å². The van der Waals surface area contributed by atoms with Gasteiger partial charge in [-0.2, -0.15) is 0 Å². The monoisotopic (exact) mass is 138 g/mol. The summed E-state index contributed by atoms with van der Waals surface area (Å²) < 4.78 is 11.0. The van der Waals surface area contributed by atoms with Gasteiger partial charge in [0.2, 0.25) is 0 Å². The third-order valence-electron chi connectivity index (χ3n) is 3.78. The van der Waals surface area contributed by atoms with Gasteiger partial charge < -0.3 is 9.47 Å². The van der Waals surface area contributed by atoms with Crippen molar-refractivity contribution in [2.75, 3.05) is 6.61 Å². The van der Waals surface area contributed by atoms with Gasteiger partial charge >= 0.3 is 0 Å². The topological polar surface area (TPSA) is 25.1 Å². The Kier molecular flexibility index (Phi) is 0.504. The number of fused-ring (bicyclic) bond motifs is 6. The van der Waals surface area contributed by atoms with E-state index in [1.54, 1.807) is 0 Å². The first kappa shape index (κ1) is 4.73. The lowest BCUT2D eigenvalue weighted by molar-refractivity contribution is 0.206. The van der Waals surface area contributed by atoms with Gasteiger partial charge in [0.25, 0.3) is 0 Å². The molecule has 1 spiro atoms. The van der Waals surface area contributed by atoms with E-state index in [0.717, 1.165) is 18.4 Å². The highest BCUT2D eigenvalue weighted by molar-refractivity contribution is 5.21.